The second-order valence-corrected chi connectivity index (χ2v) is 16.7. The monoisotopic (exact) mass is 796 g/mol. The van der Waals surface area contributed by atoms with Gasteiger partial charge in [0.15, 0.2) is 11.9 Å². The van der Waals surface area contributed by atoms with Crippen molar-refractivity contribution in [3.05, 3.63) is 88.7 Å². The van der Waals surface area contributed by atoms with E-state index < -0.39 is 0 Å². The van der Waals surface area contributed by atoms with Gasteiger partial charge in [0.25, 0.3) is 0 Å². The summed E-state index contributed by atoms with van der Waals surface area (Å²) < 4.78 is 28.0. The van der Waals surface area contributed by atoms with Gasteiger partial charge in [-0.3, -0.25) is 9.72 Å². The van der Waals surface area contributed by atoms with Crippen LogP contribution in [0.4, 0.5) is 16.6 Å². The number of pyridine rings is 1. The molecule has 57 heavy (non-hydrogen) atoms. The highest BCUT2D eigenvalue weighted by Gasteiger charge is 2.31. The maximum Gasteiger partial charge on any atom is 0.320 e. The van der Waals surface area contributed by atoms with Crippen molar-refractivity contribution in [1.29, 1.82) is 0 Å². The van der Waals surface area contributed by atoms with E-state index in [1.165, 1.54) is 6.42 Å². The second-order valence-electron chi connectivity index (χ2n) is 16.3. The van der Waals surface area contributed by atoms with E-state index in [1.54, 1.807) is 10.7 Å². The Hall–Kier alpha value is -4.85. The molecular formula is C43H53ClN8O5. The number of anilines is 2. The fourth-order valence-corrected chi connectivity index (χ4v) is 8.13. The Bertz CT molecular complexity index is 2180. The van der Waals surface area contributed by atoms with Gasteiger partial charge in [-0.1, -0.05) is 56.6 Å². The summed E-state index contributed by atoms with van der Waals surface area (Å²) in [6.45, 7) is 10.9. The first kappa shape index (κ1) is 39.0. The highest BCUT2D eigenvalue weighted by atomic mass is 35.5. The molecule has 1 aliphatic carbocycles. The van der Waals surface area contributed by atoms with Crippen LogP contribution >= 0.6 is 11.6 Å². The molecule has 5 aromatic rings. The number of carbonyl (C=O) groups is 1. The van der Waals surface area contributed by atoms with Crippen molar-refractivity contribution in [2.24, 2.45) is 0 Å². The molecule has 3 aromatic heterocycles. The van der Waals surface area contributed by atoms with Crippen LogP contribution in [0.1, 0.15) is 108 Å². The highest BCUT2D eigenvalue weighted by Crippen LogP contribution is 2.39. The van der Waals surface area contributed by atoms with Crippen LogP contribution in [0.15, 0.2) is 66.9 Å². The molecule has 0 saturated carbocycles. The van der Waals surface area contributed by atoms with Crippen LogP contribution in [0.5, 0.6) is 11.5 Å². The number of fused-ring (bicyclic) bond motifs is 2. The lowest BCUT2D eigenvalue weighted by Crippen LogP contribution is -2.38. The summed E-state index contributed by atoms with van der Waals surface area (Å²) in [5.74, 6) is 2.63. The lowest BCUT2D eigenvalue weighted by molar-refractivity contribution is -0.165. The van der Waals surface area contributed by atoms with Gasteiger partial charge >= 0.3 is 6.03 Å². The number of nitrogens with one attached hydrogen (secondary N) is 2. The molecule has 2 saturated heterocycles. The lowest BCUT2D eigenvalue weighted by atomic mass is 9.85. The summed E-state index contributed by atoms with van der Waals surface area (Å²) in [7, 11) is 0. The van der Waals surface area contributed by atoms with Crippen molar-refractivity contribution in [2.75, 3.05) is 36.6 Å². The molecule has 5 heterocycles. The minimum absolute atomic E-state index is 0.183. The number of carbonyl (C=O) groups excluding carboxylic acids is 1. The fourth-order valence-electron chi connectivity index (χ4n) is 7.96. The average molecular weight is 797 g/mol. The number of halogens is 1. The summed E-state index contributed by atoms with van der Waals surface area (Å²) in [5, 5.41) is 20.7. The van der Waals surface area contributed by atoms with Crippen LogP contribution in [-0.4, -0.2) is 69.1 Å². The fraction of sp³-hybridized carbons (Fsp3) is 0.488. The van der Waals surface area contributed by atoms with E-state index in [4.69, 9.17) is 35.6 Å². The van der Waals surface area contributed by atoms with Crippen LogP contribution in [0.25, 0.3) is 11.3 Å². The minimum atomic E-state index is -0.333. The number of rotatable bonds is 11. The minimum Gasteiger partial charge on any atom is -0.490 e. The van der Waals surface area contributed by atoms with E-state index in [9.17, 15) is 4.79 Å². The Labute approximate surface area is 339 Å². The third kappa shape index (κ3) is 8.85. The molecule has 3 aliphatic rings. The van der Waals surface area contributed by atoms with Gasteiger partial charge in [-0.2, -0.15) is 5.10 Å². The number of piperidine rings is 1. The number of ether oxygens (including phenoxy) is 4. The summed E-state index contributed by atoms with van der Waals surface area (Å²) in [5.41, 5.74) is 4.11. The Morgan fingerprint density at radius 2 is 1.79 bits per heavy atom. The number of nitrogens with zero attached hydrogens (tertiary/aromatic N) is 6. The van der Waals surface area contributed by atoms with Crippen LogP contribution < -0.4 is 25.0 Å². The summed E-state index contributed by atoms with van der Waals surface area (Å²) >= 11 is 6.56. The predicted octanol–water partition coefficient (Wildman–Crippen LogP) is 8.94. The van der Waals surface area contributed by atoms with E-state index in [1.807, 2.05) is 53.1 Å². The molecule has 14 heteroatoms. The molecule has 2 aliphatic heterocycles. The van der Waals surface area contributed by atoms with Gasteiger partial charge in [0.1, 0.15) is 30.0 Å². The summed E-state index contributed by atoms with van der Waals surface area (Å²) in [4.78, 5) is 16.2. The first-order valence-corrected chi connectivity index (χ1v) is 20.7. The third-order valence-corrected chi connectivity index (χ3v) is 11.4. The normalized spacial score (nSPS) is 21.2. The van der Waals surface area contributed by atoms with Gasteiger partial charge in [0.05, 0.1) is 35.2 Å². The average Bonchev–Trinajstić information content (AvgIpc) is 3.83. The van der Waals surface area contributed by atoms with Crippen molar-refractivity contribution in [3.8, 4) is 17.2 Å². The lowest BCUT2D eigenvalue weighted by Gasteiger charge is -2.33. The zero-order chi connectivity index (χ0) is 39.5. The summed E-state index contributed by atoms with van der Waals surface area (Å²) in [6, 6.07) is 19.3. The number of urea groups is 1. The first-order chi connectivity index (χ1) is 27.6. The van der Waals surface area contributed by atoms with Crippen molar-refractivity contribution in [2.45, 2.75) is 109 Å². The van der Waals surface area contributed by atoms with Gasteiger partial charge in [-0.15, -0.1) is 10.2 Å². The number of benzene rings is 2. The van der Waals surface area contributed by atoms with Crippen molar-refractivity contribution < 1.29 is 23.7 Å². The van der Waals surface area contributed by atoms with Crippen molar-refractivity contribution >= 4 is 35.0 Å². The molecule has 2 aromatic carbocycles. The quantitative estimate of drug-likeness (QED) is 0.126. The topological polar surface area (TPSA) is 129 Å². The van der Waals surface area contributed by atoms with Crippen molar-refractivity contribution in [1.82, 2.24) is 29.7 Å². The molecule has 302 valence electrons. The predicted molar refractivity (Wildman–Crippen MR) is 220 cm³/mol. The van der Waals surface area contributed by atoms with Crippen LogP contribution in [0, 0.1) is 0 Å². The second kappa shape index (κ2) is 16.9. The van der Waals surface area contributed by atoms with Crippen LogP contribution in [0.3, 0.4) is 0 Å². The number of hydrogen-bond acceptors (Lipinski definition) is 9. The van der Waals surface area contributed by atoms with Gasteiger partial charge in [0.2, 0.25) is 5.95 Å². The van der Waals surface area contributed by atoms with E-state index >= 15 is 0 Å². The standard InChI is InChI=1S/C43H53ClN8O5/c1-28-11-7-9-21-50(28)42-48-47-38-20-16-30(27-51(38)42)57-35-19-18-34(31-12-5-6-13-32(31)35)45-41(53)46-39-26-37(43(2,3)4)49-52(39)29-15-17-33(44)36(25-29)54-23-24-56-40-14-8-10-22-55-40/h5-6,12-13,15-17,20,25-28,34-35,40H,7-11,14,18-19,21-24H2,1-4H3,(H2,45,46,53)/t28-,34-,35+,40?/m0/s1. The Morgan fingerprint density at radius 1 is 0.947 bits per heavy atom. The van der Waals surface area contributed by atoms with Gasteiger partial charge in [-0.05, 0) is 93.7 Å². The Morgan fingerprint density at radius 3 is 2.60 bits per heavy atom. The van der Waals surface area contributed by atoms with Gasteiger partial charge in [-0.25, -0.2) is 9.48 Å². The molecule has 8 rings (SSSR count). The summed E-state index contributed by atoms with van der Waals surface area (Å²) in [6.07, 6.45) is 9.62. The number of aromatic nitrogens is 5. The molecule has 2 amide bonds. The van der Waals surface area contributed by atoms with Gasteiger partial charge < -0.3 is 29.2 Å². The first-order valence-electron chi connectivity index (χ1n) is 20.3. The molecule has 4 atom stereocenters. The van der Waals surface area contributed by atoms with E-state index in [2.05, 4.69) is 65.6 Å². The van der Waals surface area contributed by atoms with Gasteiger partial charge in [0, 0.05) is 36.7 Å². The molecule has 2 N–H and O–H groups in total. The van der Waals surface area contributed by atoms with E-state index in [0.29, 0.717) is 48.0 Å². The zero-order valence-corrected chi connectivity index (χ0v) is 34.0. The number of hydrogen-bond donors (Lipinski definition) is 2. The zero-order valence-electron chi connectivity index (χ0n) is 33.2. The van der Waals surface area contributed by atoms with Crippen LogP contribution in [-0.2, 0) is 14.9 Å². The Balaban J connectivity index is 0.958. The maximum absolute atomic E-state index is 13.8. The van der Waals surface area contributed by atoms with Crippen LogP contribution in [0.2, 0.25) is 5.02 Å². The van der Waals surface area contributed by atoms with E-state index in [-0.39, 0.29) is 29.9 Å². The molecule has 13 nitrogen and oxygen atoms in total. The third-order valence-electron chi connectivity index (χ3n) is 11.1. The van der Waals surface area contributed by atoms with Crippen molar-refractivity contribution in [3.63, 3.8) is 0 Å². The molecule has 0 bridgehead atoms. The number of amides is 2. The SMILES string of the molecule is C[C@H]1CCCCN1c1nnc2ccc(O[C@@H]3CC[C@H](NC(=O)Nc4cc(C(C)(C)C)nn4-c4ccc(Cl)c(OCCOC5CCCCO5)c4)c4ccccc43)cn12. The molecule has 2 fully saturated rings. The van der Waals surface area contributed by atoms with E-state index in [0.717, 1.165) is 85.8 Å². The smallest absolute Gasteiger partial charge is 0.320 e. The molecule has 0 radical (unpaired) electrons. The highest BCUT2D eigenvalue weighted by molar-refractivity contribution is 6.32. The largest absolute Gasteiger partial charge is 0.490 e. The molecule has 1 unspecified atom stereocenters. The molecule has 0 spiro atoms. The molecular weight excluding hydrogens is 744 g/mol. The maximum atomic E-state index is 13.8. The Kier molecular flexibility index (Phi) is 11.6.